The molecular formula is C10H8ClO3-. The summed E-state index contributed by atoms with van der Waals surface area (Å²) in [6.07, 6.45) is 0. The molecule has 0 aliphatic heterocycles. The first kappa shape index (κ1) is 10.7. The maximum Gasteiger partial charge on any atom is 0.172 e. The number of hydrogen-bond acceptors (Lipinski definition) is 3. The van der Waals surface area contributed by atoms with Crippen LogP contribution in [-0.4, -0.2) is 11.8 Å². The van der Waals surface area contributed by atoms with Crippen molar-refractivity contribution in [3.63, 3.8) is 0 Å². The van der Waals surface area contributed by atoms with E-state index in [1.807, 2.05) is 0 Å². The fourth-order valence-corrected chi connectivity index (χ4v) is 1.23. The quantitative estimate of drug-likeness (QED) is 0.552. The molecule has 0 saturated heterocycles. The van der Waals surface area contributed by atoms with E-state index in [1.54, 1.807) is 12.1 Å². The SMILES string of the molecule is CC(C(=O)[O-])C(=O)c1ccccc1Cl. The minimum Gasteiger partial charge on any atom is -0.549 e. The molecule has 1 unspecified atom stereocenters. The van der Waals surface area contributed by atoms with E-state index >= 15 is 0 Å². The fourth-order valence-electron chi connectivity index (χ4n) is 1.00. The number of aliphatic carboxylic acids is 1. The highest BCUT2D eigenvalue weighted by molar-refractivity contribution is 6.34. The van der Waals surface area contributed by atoms with Crippen molar-refractivity contribution < 1.29 is 14.7 Å². The number of carbonyl (C=O) groups is 2. The standard InChI is InChI=1S/C10H9ClO3/c1-6(10(13)14)9(12)7-4-2-3-5-8(7)11/h2-6H,1H3,(H,13,14)/p-1. The first-order valence-corrected chi connectivity index (χ1v) is 4.41. The van der Waals surface area contributed by atoms with Crippen molar-refractivity contribution >= 4 is 23.4 Å². The second kappa shape index (κ2) is 4.24. The Balaban J connectivity index is 3.01. The van der Waals surface area contributed by atoms with Crippen molar-refractivity contribution in [2.75, 3.05) is 0 Å². The summed E-state index contributed by atoms with van der Waals surface area (Å²) in [6.45, 7) is 1.28. The third kappa shape index (κ3) is 2.12. The molecule has 0 N–H and O–H groups in total. The molecule has 3 nitrogen and oxygen atoms in total. The molecule has 1 aromatic rings. The van der Waals surface area contributed by atoms with Gasteiger partial charge in [0.1, 0.15) is 0 Å². The van der Waals surface area contributed by atoms with E-state index in [2.05, 4.69) is 0 Å². The van der Waals surface area contributed by atoms with Crippen LogP contribution in [0.15, 0.2) is 24.3 Å². The zero-order chi connectivity index (χ0) is 10.7. The van der Waals surface area contributed by atoms with Crippen LogP contribution in [0.25, 0.3) is 0 Å². The summed E-state index contributed by atoms with van der Waals surface area (Å²) < 4.78 is 0. The number of halogens is 1. The van der Waals surface area contributed by atoms with E-state index in [0.717, 1.165) is 0 Å². The number of rotatable bonds is 3. The minimum atomic E-state index is -1.39. The van der Waals surface area contributed by atoms with Crippen molar-refractivity contribution in [1.29, 1.82) is 0 Å². The zero-order valence-corrected chi connectivity index (χ0v) is 8.25. The molecule has 0 spiro atoms. The molecule has 1 rings (SSSR count). The molecule has 0 heterocycles. The van der Waals surface area contributed by atoms with Crippen LogP contribution < -0.4 is 5.11 Å². The van der Waals surface area contributed by atoms with E-state index in [1.165, 1.54) is 19.1 Å². The first-order chi connectivity index (χ1) is 6.54. The Labute approximate surface area is 86.3 Å². The molecule has 0 aliphatic carbocycles. The summed E-state index contributed by atoms with van der Waals surface area (Å²) >= 11 is 5.73. The van der Waals surface area contributed by atoms with Crippen LogP contribution in [-0.2, 0) is 4.79 Å². The normalized spacial score (nSPS) is 12.1. The van der Waals surface area contributed by atoms with Gasteiger partial charge in [-0.05, 0) is 19.1 Å². The third-order valence-electron chi connectivity index (χ3n) is 1.89. The smallest absolute Gasteiger partial charge is 0.172 e. The van der Waals surface area contributed by atoms with E-state index in [4.69, 9.17) is 11.6 Å². The summed E-state index contributed by atoms with van der Waals surface area (Å²) in [5, 5.41) is 10.7. The van der Waals surface area contributed by atoms with Gasteiger partial charge in [-0.2, -0.15) is 0 Å². The summed E-state index contributed by atoms with van der Waals surface area (Å²) in [5.41, 5.74) is 0.214. The molecule has 74 valence electrons. The van der Waals surface area contributed by atoms with Gasteiger partial charge in [0.15, 0.2) is 5.78 Å². The third-order valence-corrected chi connectivity index (χ3v) is 2.22. The van der Waals surface area contributed by atoms with Crippen molar-refractivity contribution in [3.8, 4) is 0 Å². The molecule has 4 heteroatoms. The van der Waals surface area contributed by atoms with Gasteiger partial charge in [0.05, 0.1) is 16.9 Å². The summed E-state index contributed by atoms with van der Waals surface area (Å²) in [4.78, 5) is 22.0. The Hall–Kier alpha value is -1.35. The summed E-state index contributed by atoms with van der Waals surface area (Å²) in [6, 6.07) is 6.32. The van der Waals surface area contributed by atoms with Crippen LogP contribution in [0.2, 0.25) is 5.02 Å². The maximum atomic E-state index is 11.5. The lowest BCUT2D eigenvalue weighted by Gasteiger charge is -2.11. The van der Waals surface area contributed by atoms with Crippen molar-refractivity contribution in [2.24, 2.45) is 5.92 Å². The van der Waals surface area contributed by atoms with Gasteiger partial charge in [-0.15, -0.1) is 0 Å². The average molecular weight is 212 g/mol. The van der Waals surface area contributed by atoms with Gasteiger partial charge in [0, 0.05) is 5.56 Å². The van der Waals surface area contributed by atoms with Crippen molar-refractivity contribution in [1.82, 2.24) is 0 Å². The zero-order valence-electron chi connectivity index (χ0n) is 7.49. The molecule has 1 aromatic carbocycles. The van der Waals surface area contributed by atoms with Crippen LogP contribution in [0.5, 0.6) is 0 Å². The maximum absolute atomic E-state index is 11.5. The summed E-state index contributed by atoms with van der Waals surface area (Å²) in [7, 11) is 0. The van der Waals surface area contributed by atoms with E-state index < -0.39 is 17.7 Å². The predicted octanol–water partition coefficient (Wildman–Crippen LogP) is 0.909. The highest BCUT2D eigenvalue weighted by Crippen LogP contribution is 2.18. The molecular weight excluding hydrogens is 204 g/mol. The van der Waals surface area contributed by atoms with Gasteiger partial charge >= 0.3 is 0 Å². The van der Waals surface area contributed by atoms with Crippen LogP contribution in [0.3, 0.4) is 0 Å². The molecule has 0 saturated carbocycles. The van der Waals surface area contributed by atoms with Gasteiger partial charge in [-0.3, -0.25) is 4.79 Å². The van der Waals surface area contributed by atoms with Gasteiger partial charge < -0.3 is 9.90 Å². The molecule has 14 heavy (non-hydrogen) atoms. The van der Waals surface area contributed by atoms with Gasteiger partial charge in [-0.25, -0.2) is 0 Å². The van der Waals surface area contributed by atoms with Crippen LogP contribution in [0.1, 0.15) is 17.3 Å². The topological polar surface area (TPSA) is 57.2 Å². The number of carbonyl (C=O) groups excluding carboxylic acids is 2. The Morgan fingerprint density at radius 1 is 1.36 bits per heavy atom. The van der Waals surface area contributed by atoms with Crippen molar-refractivity contribution in [2.45, 2.75) is 6.92 Å². The molecule has 0 radical (unpaired) electrons. The monoisotopic (exact) mass is 211 g/mol. The Morgan fingerprint density at radius 2 is 1.93 bits per heavy atom. The molecule has 0 bridgehead atoms. The average Bonchev–Trinajstić information content (AvgIpc) is 2.16. The number of carboxylic acid groups (broad SMARTS) is 1. The number of carboxylic acids is 1. The summed E-state index contributed by atoms with van der Waals surface area (Å²) in [5.74, 6) is -3.10. The van der Waals surface area contributed by atoms with Crippen molar-refractivity contribution in [3.05, 3.63) is 34.9 Å². The largest absolute Gasteiger partial charge is 0.549 e. The van der Waals surface area contributed by atoms with Gasteiger partial charge in [-0.1, -0.05) is 23.7 Å². The molecule has 0 fully saturated rings. The fraction of sp³-hybridized carbons (Fsp3) is 0.200. The van der Waals surface area contributed by atoms with Gasteiger partial charge in [0.25, 0.3) is 0 Å². The van der Waals surface area contributed by atoms with E-state index in [-0.39, 0.29) is 10.6 Å². The highest BCUT2D eigenvalue weighted by Gasteiger charge is 2.17. The van der Waals surface area contributed by atoms with Crippen LogP contribution in [0, 0.1) is 5.92 Å². The van der Waals surface area contributed by atoms with Crippen LogP contribution in [0.4, 0.5) is 0 Å². The Morgan fingerprint density at radius 3 is 2.43 bits per heavy atom. The predicted molar refractivity (Wildman–Crippen MR) is 50.0 cm³/mol. The second-order valence-corrected chi connectivity index (χ2v) is 3.29. The molecule has 0 amide bonds. The number of benzene rings is 1. The first-order valence-electron chi connectivity index (χ1n) is 4.03. The van der Waals surface area contributed by atoms with E-state index in [9.17, 15) is 14.7 Å². The lowest BCUT2D eigenvalue weighted by molar-refractivity contribution is -0.308. The number of hydrogen-bond donors (Lipinski definition) is 0. The lowest BCUT2D eigenvalue weighted by Crippen LogP contribution is -2.34. The Kier molecular flexibility index (Phi) is 3.25. The lowest BCUT2D eigenvalue weighted by atomic mass is 10.00. The second-order valence-electron chi connectivity index (χ2n) is 2.88. The number of ketones is 1. The molecule has 0 aliphatic rings. The Bertz CT molecular complexity index is 373. The minimum absolute atomic E-state index is 0.214. The van der Waals surface area contributed by atoms with Crippen LogP contribution >= 0.6 is 11.6 Å². The molecule has 1 atom stereocenters. The number of Topliss-reactive ketones (excluding diaryl/α,β-unsaturated/α-hetero) is 1. The highest BCUT2D eigenvalue weighted by atomic mass is 35.5. The van der Waals surface area contributed by atoms with Gasteiger partial charge in [0.2, 0.25) is 0 Å². The van der Waals surface area contributed by atoms with E-state index in [0.29, 0.717) is 0 Å². The molecule has 0 aromatic heterocycles.